The summed E-state index contributed by atoms with van der Waals surface area (Å²) in [4.78, 5) is 3.80. The minimum Gasteiger partial charge on any atom is -0.329 e. The molecule has 19 heavy (non-hydrogen) atoms. The molecule has 0 aliphatic carbocycles. The highest BCUT2D eigenvalue weighted by Crippen LogP contribution is 2.38. The molecule has 2 heterocycles. The molecule has 0 radical (unpaired) electrons. The Labute approximate surface area is 133 Å². The molecule has 2 nitrogen and oxygen atoms in total. The summed E-state index contributed by atoms with van der Waals surface area (Å²) in [5, 5.41) is 0. The van der Waals surface area contributed by atoms with E-state index >= 15 is 0 Å². The molecule has 1 aromatic heterocycles. The van der Waals surface area contributed by atoms with Gasteiger partial charge >= 0.3 is 0 Å². The molecule has 0 spiro atoms. The van der Waals surface area contributed by atoms with Crippen LogP contribution in [0.4, 0.5) is 0 Å². The topological polar surface area (TPSA) is 29.3 Å². The van der Waals surface area contributed by atoms with Gasteiger partial charge in [-0.1, -0.05) is 25.4 Å². The van der Waals surface area contributed by atoms with E-state index in [4.69, 9.17) is 17.3 Å². The van der Waals surface area contributed by atoms with Crippen LogP contribution in [0, 0.1) is 11.8 Å². The van der Waals surface area contributed by atoms with Crippen LogP contribution in [0.2, 0.25) is 4.34 Å². The van der Waals surface area contributed by atoms with Gasteiger partial charge < -0.3 is 5.73 Å². The second-order valence-electron chi connectivity index (χ2n) is 5.64. The molecule has 1 aliphatic heterocycles. The summed E-state index contributed by atoms with van der Waals surface area (Å²) < 4.78 is 1.81. The maximum absolute atomic E-state index is 6.15. The van der Waals surface area contributed by atoms with Crippen LogP contribution in [-0.2, 0) is 0 Å². The van der Waals surface area contributed by atoms with Crippen LogP contribution in [0.15, 0.2) is 10.5 Å². The van der Waals surface area contributed by atoms with E-state index in [1.54, 1.807) is 11.3 Å². The van der Waals surface area contributed by atoms with E-state index in [0.717, 1.165) is 33.7 Å². The standard InChI is InChI=1S/C14H22BrClN2S/c1-9(2)10-3-5-18(6-4-10)12(8-17)13-7-11(15)14(16)19-13/h7,9-10,12H,3-6,8,17H2,1-2H3. The second kappa shape index (κ2) is 6.90. The lowest BCUT2D eigenvalue weighted by Gasteiger charge is -2.38. The number of hydrogen-bond acceptors (Lipinski definition) is 3. The van der Waals surface area contributed by atoms with Crippen LogP contribution in [0.5, 0.6) is 0 Å². The molecule has 1 atom stereocenters. The van der Waals surface area contributed by atoms with Gasteiger partial charge in [0.25, 0.3) is 0 Å². The van der Waals surface area contributed by atoms with Crippen molar-refractivity contribution in [2.24, 2.45) is 17.6 Å². The van der Waals surface area contributed by atoms with Crippen LogP contribution in [0.3, 0.4) is 0 Å². The number of nitrogens with two attached hydrogens (primary N) is 1. The summed E-state index contributed by atoms with van der Waals surface area (Å²) in [5.74, 6) is 1.66. The highest BCUT2D eigenvalue weighted by molar-refractivity contribution is 9.10. The predicted octanol–water partition coefficient (Wildman–Crippen LogP) is 4.53. The molecule has 0 bridgehead atoms. The highest BCUT2D eigenvalue weighted by Gasteiger charge is 2.27. The third-order valence-corrected chi connectivity index (χ3v) is 6.75. The monoisotopic (exact) mass is 364 g/mol. The third-order valence-electron chi connectivity index (χ3n) is 4.17. The zero-order valence-corrected chi connectivity index (χ0v) is 14.7. The van der Waals surface area contributed by atoms with Gasteiger partial charge in [0.05, 0.1) is 6.04 Å². The van der Waals surface area contributed by atoms with E-state index in [1.807, 2.05) is 0 Å². The molecule has 0 aromatic carbocycles. The Bertz CT molecular complexity index is 394. The molecule has 1 aromatic rings. The Morgan fingerprint density at radius 3 is 2.53 bits per heavy atom. The quantitative estimate of drug-likeness (QED) is 0.849. The molecular weight excluding hydrogens is 344 g/mol. The van der Waals surface area contributed by atoms with Crippen molar-refractivity contribution in [3.05, 3.63) is 19.8 Å². The molecule has 1 saturated heterocycles. The smallest absolute Gasteiger partial charge is 0.107 e. The summed E-state index contributed by atoms with van der Waals surface area (Å²) in [7, 11) is 0. The second-order valence-corrected chi connectivity index (χ2v) is 8.18. The average molecular weight is 366 g/mol. The molecule has 1 fully saturated rings. The SMILES string of the molecule is CC(C)C1CCN(C(CN)c2cc(Br)c(Cl)s2)CC1. The van der Waals surface area contributed by atoms with Crippen LogP contribution in [0.25, 0.3) is 0 Å². The van der Waals surface area contributed by atoms with Gasteiger partial charge in [-0.15, -0.1) is 11.3 Å². The molecule has 108 valence electrons. The number of hydrogen-bond donors (Lipinski definition) is 1. The van der Waals surface area contributed by atoms with E-state index in [0.29, 0.717) is 12.6 Å². The summed E-state index contributed by atoms with van der Waals surface area (Å²) >= 11 is 11.3. The summed E-state index contributed by atoms with van der Waals surface area (Å²) in [6, 6.07) is 2.45. The van der Waals surface area contributed by atoms with Crippen molar-refractivity contribution in [3.63, 3.8) is 0 Å². The molecular formula is C14H22BrClN2S. The minimum atomic E-state index is 0.321. The highest BCUT2D eigenvalue weighted by atomic mass is 79.9. The number of nitrogens with zero attached hydrogens (tertiary/aromatic N) is 1. The Kier molecular flexibility index (Phi) is 5.73. The Morgan fingerprint density at radius 1 is 1.47 bits per heavy atom. The Morgan fingerprint density at radius 2 is 2.11 bits per heavy atom. The van der Waals surface area contributed by atoms with Crippen LogP contribution < -0.4 is 5.73 Å². The normalized spacial score (nSPS) is 20.1. The maximum atomic E-state index is 6.15. The third kappa shape index (κ3) is 3.73. The number of rotatable bonds is 4. The van der Waals surface area contributed by atoms with Gasteiger partial charge in [-0.25, -0.2) is 0 Å². The number of piperidine rings is 1. The van der Waals surface area contributed by atoms with Gasteiger partial charge in [0.2, 0.25) is 0 Å². The molecule has 1 aliphatic rings. The number of likely N-dealkylation sites (tertiary alicyclic amines) is 1. The Hall–Kier alpha value is 0.390. The van der Waals surface area contributed by atoms with E-state index in [9.17, 15) is 0 Å². The zero-order chi connectivity index (χ0) is 14.0. The molecule has 2 rings (SSSR count). The van der Waals surface area contributed by atoms with Gasteiger partial charge in [-0.2, -0.15) is 0 Å². The number of halogens is 2. The van der Waals surface area contributed by atoms with Crippen molar-refractivity contribution < 1.29 is 0 Å². The summed E-state index contributed by atoms with van der Waals surface area (Å²) in [5.41, 5.74) is 6.00. The van der Waals surface area contributed by atoms with E-state index in [1.165, 1.54) is 17.7 Å². The van der Waals surface area contributed by atoms with Crippen molar-refractivity contribution in [1.82, 2.24) is 4.90 Å². The fourth-order valence-electron chi connectivity index (χ4n) is 2.87. The van der Waals surface area contributed by atoms with Crippen LogP contribution >= 0.6 is 38.9 Å². The van der Waals surface area contributed by atoms with E-state index in [2.05, 4.69) is 40.7 Å². The maximum Gasteiger partial charge on any atom is 0.107 e. The fourth-order valence-corrected chi connectivity index (χ4v) is 4.75. The molecule has 0 amide bonds. The lowest BCUT2D eigenvalue weighted by Crippen LogP contribution is -2.40. The molecule has 1 unspecified atom stereocenters. The van der Waals surface area contributed by atoms with Gasteiger partial charge in [0.1, 0.15) is 4.34 Å². The fraction of sp³-hybridized carbons (Fsp3) is 0.714. The average Bonchev–Trinajstić information content (AvgIpc) is 2.71. The van der Waals surface area contributed by atoms with Crippen molar-refractivity contribution in [2.45, 2.75) is 32.7 Å². The van der Waals surface area contributed by atoms with Crippen molar-refractivity contribution in [1.29, 1.82) is 0 Å². The van der Waals surface area contributed by atoms with Crippen LogP contribution in [-0.4, -0.2) is 24.5 Å². The summed E-state index contributed by atoms with van der Waals surface area (Å²) in [6.07, 6.45) is 2.57. The lowest BCUT2D eigenvalue weighted by atomic mass is 9.86. The number of thiophene rings is 1. The van der Waals surface area contributed by atoms with Crippen molar-refractivity contribution in [2.75, 3.05) is 19.6 Å². The summed E-state index contributed by atoms with van der Waals surface area (Å²) in [6.45, 7) is 7.62. The Balaban J connectivity index is 2.03. The first kappa shape index (κ1) is 15.8. The van der Waals surface area contributed by atoms with Gasteiger partial charge in [-0.05, 0) is 59.8 Å². The molecule has 2 N–H and O–H groups in total. The van der Waals surface area contributed by atoms with Crippen LogP contribution in [0.1, 0.15) is 37.6 Å². The first-order chi connectivity index (χ1) is 9.02. The van der Waals surface area contributed by atoms with Crippen molar-refractivity contribution >= 4 is 38.9 Å². The van der Waals surface area contributed by atoms with E-state index in [-0.39, 0.29) is 0 Å². The zero-order valence-electron chi connectivity index (χ0n) is 11.5. The van der Waals surface area contributed by atoms with Crippen molar-refractivity contribution in [3.8, 4) is 0 Å². The van der Waals surface area contributed by atoms with Gasteiger partial charge in [0, 0.05) is 15.9 Å². The van der Waals surface area contributed by atoms with E-state index < -0.39 is 0 Å². The molecule has 5 heteroatoms. The largest absolute Gasteiger partial charge is 0.329 e. The minimum absolute atomic E-state index is 0.321. The predicted molar refractivity (Wildman–Crippen MR) is 88.0 cm³/mol. The lowest BCUT2D eigenvalue weighted by molar-refractivity contribution is 0.119. The van der Waals surface area contributed by atoms with Gasteiger partial charge in [-0.3, -0.25) is 4.90 Å². The first-order valence-corrected chi connectivity index (χ1v) is 8.90. The molecule has 0 saturated carbocycles. The first-order valence-electron chi connectivity index (χ1n) is 6.91. The van der Waals surface area contributed by atoms with Gasteiger partial charge in [0.15, 0.2) is 0 Å².